The smallest absolute Gasteiger partial charge is 0.255 e. The Balaban J connectivity index is 1.58. The maximum atomic E-state index is 12.3. The Labute approximate surface area is 187 Å². The van der Waals surface area contributed by atoms with E-state index < -0.39 is 0 Å². The van der Waals surface area contributed by atoms with E-state index in [1.807, 2.05) is 12.1 Å². The molecule has 0 radical (unpaired) electrons. The van der Waals surface area contributed by atoms with E-state index >= 15 is 0 Å². The van der Waals surface area contributed by atoms with Crippen LogP contribution in [0.4, 0.5) is 11.4 Å². The van der Waals surface area contributed by atoms with Gasteiger partial charge in [0.25, 0.3) is 5.91 Å². The Kier molecular flexibility index (Phi) is 7.45. The SMILES string of the molecule is O=C(CSc1cccc(NC(=O)c2cccc(Cl)c2)c1)Nc1ccc(Cl)cc1Cl. The van der Waals surface area contributed by atoms with Crippen LogP contribution in [0.1, 0.15) is 10.4 Å². The largest absolute Gasteiger partial charge is 0.324 e. The number of amides is 2. The molecule has 0 unspecified atom stereocenters. The summed E-state index contributed by atoms with van der Waals surface area (Å²) in [5, 5.41) is 6.94. The zero-order chi connectivity index (χ0) is 20.8. The van der Waals surface area contributed by atoms with Crippen molar-refractivity contribution >= 4 is 69.8 Å². The van der Waals surface area contributed by atoms with Crippen molar-refractivity contribution < 1.29 is 9.59 Å². The second kappa shape index (κ2) is 10.0. The third-order valence-electron chi connectivity index (χ3n) is 3.75. The van der Waals surface area contributed by atoms with E-state index in [1.54, 1.807) is 54.6 Å². The van der Waals surface area contributed by atoms with Gasteiger partial charge in [0.2, 0.25) is 5.91 Å². The zero-order valence-electron chi connectivity index (χ0n) is 14.9. The summed E-state index contributed by atoms with van der Waals surface area (Å²) in [5.74, 6) is -0.276. The van der Waals surface area contributed by atoms with Gasteiger partial charge in [0, 0.05) is 26.2 Å². The number of benzene rings is 3. The molecule has 148 valence electrons. The zero-order valence-corrected chi connectivity index (χ0v) is 18.0. The number of anilines is 2. The lowest BCUT2D eigenvalue weighted by Gasteiger charge is -2.09. The molecule has 29 heavy (non-hydrogen) atoms. The molecule has 0 heterocycles. The van der Waals surface area contributed by atoms with E-state index in [1.165, 1.54) is 11.8 Å². The minimum atomic E-state index is -0.259. The Morgan fingerprint density at radius 3 is 2.34 bits per heavy atom. The Hall–Kier alpha value is -2.18. The monoisotopic (exact) mass is 464 g/mol. The molecule has 0 aliphatic rings. The molecule has 0 aliphatic carbocycles. The van der Waals surface area contributed by atoms with Crippen LogP contribution in [-0.2, 0) is 4.79 Å². The molecule has 2 N–H and O–H groups in total. The molecule has 8 heteroatoms. The molecule has 0 spiro atoms. The van der Waals surface area contributed by atoms with Gasteiger partial charge in [-0.05, 0) is 54.6 Å². The summed E-state index contributed by atoms with van der Waals surface area (Å²) < 4.78 is 0. The third-order valence-corrected chi connectivity index (χ3v) is 5.53. The fraction of sp³-hybridized carbons (Fsp3) is 0.0476. The van der Waals surface area contributed by atoms with Gasteiger partial charge in [-0.2, -0.15) is 0 Å². The molecular weight excluding hydrogens is 451 g/mol. The minimum Gasteiger partial charge on any atom is -0.324 e. The normalized spacial score (nSPS) is 10.4. The molecule has 0 saturated carbocycles. The van der Waals surface area contributed by atoms with Gasteiger partial charge in [-0.15, -0.1) is 11.8 Å². The Bertz CT molecular complexity index is 1060. The second-order valence-corrected chi connectivity index (χ2v) is 8.28. The molecule has 0 aromatic heterocycles. The number of halogens is 3. The highest BCUT2D eigenvalue weighted by Gasteiger charge is 2.09. The van der Waals surface area contributed by atoms with Gasteiger partial charge < -0.3 is 10.6 Å². The van der Waals surface area contributed by atoms with E-state index in [2.05, 4.69) is 10.6 Å². The van der Waals surface area contributed by atoms with Crippen LogP contribution in [0.5, 0.6) is 0 Å². The van der Waals surface area contributed by atoms with Crippen molar-refractivity contribution in [3.05, 3.63) is 87.4 Å². The van der Waals surface area contributed by atoms with Crippen LogP contribution in [-0.4, -0.2) is 17.6 Å². The number of thioether (sulfide) groups is 1. The average Bonchev–Trinajstić information content (AvgIpc) is 2.69. The first kappa shape index (κ1) is 21.5. The first-order valence-electron chi connectivity index (χ1n) is 8.45. The van der Waals surface area contributed by atoms with Gasteiger partial charge in [0.1, 0.15) is 0 Å². The predicted octanol–water partition coefficient (Wildman–Crippen LogP) is 6.63. The van der Waals surface area contributed by atoms with Gasteiger partial charge >= 0.3 is 0 Å². The average molecular weight is 466 g/mol. The van der Waals surface area contributed by atoms with Crippen molar-refractivity contribution in [3.8, 4) is 0 Å². The molecule has 0 saturated heterocycles. The van der Waals surface area contributed by atoms with Crippen LogP contribution in [0.25, 0.3) is 0 Å². The lowest BCUT2D eigenvalue weighted by Crippen LogP contribution is -2.14. The second-order valence-electron chi connectivity index (χ2n) is 5.95. The van der Waals surface area contributed by atoms with Crippen LogP contribution in [0.2, 0.25) is 15.1 Å². The lowest BCUT2D eigenvalue weighted by atomic mass is 10.2. The summed E-state index contributed by atoms with van der Waals surface area (Å²) in [7, 11) is 0. The molecule has 3 rings (SSSR count). The van der Waals surface area contributed by atoms with E-state index in [4.69, 9.17) is 34.8 Å². The molecular formula is C21H15Cl3N2O2S. The number of hydrogen-bond donors (Lipinski definition) is 2. The number of rotatable bonds is 6. The minimum absolute atomic E-state index is 0.185. The molecule has 0 aliphatic heterocycles. The summed E-state index contributed by atoms with van der Waals surface area (Å²) >= 11 is 19.2. The number of carbonyl (C=O) groups excluding carboxylic acids is 2. The van der Waals surface area contributed by atoms with E-state index in [0.29, 0.717) is 32.0 Å². The Morgan fingerprint density at radius 2 is 1.59 bits per heavy atom. The molecule has 3 aromatic rings. The van der Waals surface area contributed by atoms with Crippen molar-refractivity contribution in [3.63, 3.8) is 0 Å². The van der Waals surface area contributed by atoms with Gasteiger partial charge in [-0.3, -0.25) is 9.59 Å². The van der Waals surface area contributed by atoms with Crippen LogP contribution >= 0.6 is 46.6 Å². The molecule has 0 fully saturated rings. The van der Waals surface area contributed by atoms with Crippen molar-refractivity contribution in [2.45, 2.75) is 4.90 Å². The van der Waals surface area contributed by atoms with Crippen molar-refractivity contribution in [1.82, 2.24) is 0 Å². The first-order chi connectivity index (χ1) is 13.9. The van der Waals surface area contributed by atoms with Gasteiger partial charge in [0.15, 0.2) is 0 Å². The van der Waals surface area contributed by atoms with Crippen molar-refractivity contribution in [1.29, 1.82) is 0 Å². The van der Waals surface area contributed by atoms with Gasteiger partial charge in [-0.25, -0.2) is 0 Å². The highest BCUT2D eigenvalue weighted by atomic mass is 35.5. The maximum Gasteiger partial charge on any atom is 0.255 e. The standard InChI is InChI=1S/C21H15Cl3N2O2S/c22-14-4-1-3-13(9-14)21(28)25-16-5-2-6-17(11-16)29-12-20(27)26-19-8-7-15(23)10-18(19)24/h1-11H,12H2,(H,25,28)(H,26,27). The Morgan fingerprint density at radius 1 is 0.828 bits per heavy atom. The van der Waals surface area contributed by atoms with Crippen molar-refractivity contribution in [2.24, 2.45) is 0 Å². The molecule has 3 aromatic carbocycles. The predicted molar refractivity (Wildman–Crippen MR) is 122 cm³/mol. The number of hydrogen-bond acceptors (Lipinski definition) is 3. The van der Waals surface area contributed by atoms with Crippen molar-refractivity contribution in [2.75, 3.05) is 16.4 Å². The van der Waals surface area contributed by atoms with Crippen LogP contribution in [0.3, 0.4) is 0 Å². The lowest BCUT2D eigenvalue weighted by molar-refractivity contribution is -0.113. The van der Waals surface area contributed by atoms with Crippen LogP contribution in [0.15, 0.2) is 71.6 Å². The molecule has 4 nitrogen and oxygen atoms in total. The van der Waals surface area contributed by atoms with E-state index in [9.17, 15) is 9.59 Å². The summed E-state index contributed by atoms with van der Waals surface area (Å²) in [6.45, 7) is 0. The highest BCUT2D eigenvalue weighted by molar-refractivity contribution is 8.00. The fourth-order valence-corrected chi connectivity index (χ4v) is 3.82. The quantitative estimate of drug-likeness (QED) is 0.402. The highest BCUT2D eigenvalue weighted by Crippen LogP contribution is 2.26. The number of carbonyl (C=O) groups is 2. The van der Waals surface area contributed by atoms with E-state index in [0.717, 1.165) is 4.90 Å². The fourth-order valence-electron chi connectivity index (χ4n) is 2.42. The molecule has 0 bridgehead atoms. The third kappa shape index (κ3) is 6.41. The first-order valence-corrected chi connectivity index (χ1v) is 10.6. The van der Waals surface area contributed by atoms with Crippen LogP contribution in [0, 0.1) is 0 Å². The number of nitrogens with one attached hydrogen (secondary N) is 2. The van der Waals surface area contributed by atoms with Gasteiger partial charge in [-0.1, -0.05) is 46.9 Å². The summed E-state index contributed by atoms with van der Waals surface area (Å²) in [5.41, 5.74) is 1.60. The van der Waals surface area contributed by atoms with Crippen LogP contribution < -0.4 is 10.6 Å². The summed E-state index contributed by atoms with van der Waals surface area (Å²) in [6.07, 6.45) is 0. The molecule has 0 atom stereocenters. The topological polar surface area (TPSA) is 58.2 Å². The molecule has 2 amide bonds. The van der Waals surface area contributed by atoms with Gasteiger partial charge in [0.05, 0.1) is 16.5 Å². The van der Waals surface area contributed by atoms with E-state index in [-0.39, 0.29) is 17.6 Å². The summed E-state index contributed by atoms with van der Waals surface area (Å²) in [6, 6.07) is 18.8. The summed E-state index contributed by atoms with van der Waals surface area (Å²) in [4.78, 5) is 25.4. The maximum absolute atomic E-state index is 12.3.